The van der Waals surface area contributed by atoms with Gasteiger partial charge >= 0.3 is 0 Å². The molecule has 3 aromatic rings. The number of ether oxygens (including phenoxy) is 1. The van der Waals surface area contributed by atoms with Gasteiger partial charge in [0.15, 0.2) is 5.76 Å². The number of fused-ring (bicyclic) bond motifs is 2. The molecule has 0 aliphatic carbocycles. The number of H-pyrrole nitrogens is 1. The van der Waals surface area contributed by atoms with Gasteiger partial charge in [-0.25, -0.2) is 0 Å². The summed E-state index contributed by atoms with van der Waals surface area (Å²) < 4.78 is 6.04. The fourth-order valence-electron chi connectivity index (χ4n) is 4.40. The molecule has 1 fully saturated rings. The van der Waals surface area contributed by atoms with Gasteiger partial charge in [0, 0.05) is 35.2 Å². The number of aromatic hydroxyl groups is 1. The van der Waals surface area contributed by atoms with E-state index in [9.17, 15) is 9.90 Å². The molecule has 29 heavy (non-hydrogen) atoms. The number of benzene rings is 2. The number of aromatic amines is 1. The van der Waals surface area contributed by atoms with Crippen molar-refractivity contribution in [1.82, 2.24) is 9.88 Å². The predicted molar refractivity (Wildman–Crippen MR) is 113 cm³/mol. The number of ketones is 1. The average Bonchev–Trinajstić information content (AvgIpc) is 3.28. The van der Waals surface area contributed by atoms with Crippen LogP contribution in [0, 0.1) is 0 Å². The van der Waals surface area contributed by atoms with E-state index in [0.717, 1.165) is 35.9 Å². The minimum atomic E-state index is -0.141. The van der Waals surface area contributed by atoms with Crippen molar-refractivity contribution in [3.63, 3.8) is 0 Å². The highest BCUT2D eigenvalue weighted by Gasteiger charge is 2.32. The number of Topliss-reactive ketones (excluding diaryl/α,β-unsaturated/α-hetero) is 1. The highest BCUT2D eigenvalue weighted by Crippen LogP contribution is 2.41. The first-order valence-corrected chi connectivity index (χ1v) is 10.2. The second-order valence-corrected chi connectivity index (χ2v) is 7.98. The van der Waals surface area contributed by atoms with Crippen molar-refractivity contribution >= 4 is 22.8 Å². The van der Waals surface area contributed by atoms with Crippen molar-refractivity contribution in [3.8, 4) is 11.5 Å². The summed E-state index contributed by atoms with van der Waals surface area (Å²) in [7, 11) is 0. The standard InChI is InChI=1S/C24H24N2O3/c1-15-6-4-5-11-26(15)14-19-21(27)10-9-18-23(28)22(29-24(18)19)12-16-13-25-20-8-3-2-7-17(16)20/h2-3,7-10,12-13,15,25,27H,4-6,11,14H2,1H3/b22-12-/t15-/m1/s1. The van der Waals surface area contributed by atoms with Crippen LogP contribution in [0.1, 0.15) is 47.7 Å². The molecular formula is C24H24N2O3. The monoisotopic (exact) mass is 388 g/mol. The van der Waals surface area contributed by atoms with E-state index < -0.39 is 0 Å². The number of nitrogens with zero attached hydrogens (tertiary/aromatic N) is 1. The molecule has 0 spiro atoms. The number of piperidine rings is 1. The quantitative estimate of drug-likeness (QED) is 0.629. The molecule has 2 aromatic carbocycles. The van der Waals surface area contributed by atoms with Crippen LogP contribution >= 0.6 is 0 Å². The van der Waals surface area contributed by atoms with Crippen molar-refractivity contribution in [2.45, 2.75) is 38.8 Å². The van der Waals surface area contributed by atoms with E-state index in [4.69, 9.17) is 4.74 Å². The minimum absolute atomic E-state index is 0.141. The van der Waals surface area contributed by atoms with Gasteiger partial charge < -0.3 is 14.8 Å². The van der Waals surface area contributed by atoms with Crippen LogP contribution < -0.4 is 4.74 Å². The molecule has 2 aliphatic rings. The predicted octanol–water partition coefficient (Wildman–Crippen LogP) is 4.86. The molecule has 0 saturated carbocycles. The number of phenolic OH excluding ortho intramolecular Hbond substituents is 1. The molecule has 3 heterocycles. The summed E-state index contributed by atoms with van der Waals surface area (Å²) >= 11 is 0. The van der Waals surface area contributed by atoms with E-state index in [0.29, 0.717) is 35.2 Å². The van der Waals surface area contributed by atoms with Gasteiger partial charge in [-0.15, -0.1) is 0 Å². The third kappa shape index (κ3) is 3.12. The second-order valence-electron chi connectivity index (χ2n) is 7.98. The van der Waals surface area contributed by atoms with E-state index in [2.05, 4.69) is 16.8 Å². The smallest absolute Gasteiger partial charge is 0.231 e. The maximum Gasteiger partial charge on any atom is 0.231 e. The van der Waals surface area contributed by atoms with Gasteiger partial charge in [-0.1, -0.05) is 24.6 Å². The largest absolute Gasteiger partial charge is 0.507 e. The molecule has 148 valence electrons. The average molecular weight is 388 g/mol. The van der Waals surface area contributed by atoms with E-state index in [1.165, 1.54) is 6.42 Å². The maximum absolute atomic E-state index is 13.0. The van der Waals surface area contributed by atoms with Gasteiger partial charge in [0.05, 0.1) is 11.1 Å². The molecule has 2 N–H and O–H groups in total. The number of allylic oxidation sites excluding steroid dienone is 1. The molecule has 5 nitrogen and oxygen atoms in total. The Hall–Kier alpha value is -3.05. The summed E-state index contributed by atoms with van der Waals surface area (Å²) in [6.07, 6.45) is 7.21. The van der Waals surface area contributed by atoms with Crippen LogP contribution in [0.15, 0.2) is 48.4 Å². The van der Waals surface area contributed by atoms with E-state index in [-0.39, 0.29) is 11.5 Å². The lowest BCUT2D eigenvalue weighted by atomic mass is 10.0. The fourth-order valence-corrected chi connectivity index (χ4v) is 4.40. The molecule has 5 heteroatoms. The van der Waals surface area contributed by atoms with Crippen LogP contribution in [-0.2, 0) is 6.54 Å². The van der Waals surface area contributed by atoms with Crippen LogP contribution in [0.3, 0.4) is 0 Å². The SMILES string of the molecule is C[C@@H]1CCCCN1Cc1c(O)ccc2c1O/C(=C\c1c[nH]c3ccccc13)C2=O. The molecule has 0 bridgehead atoms. The number of carbonyl (C=O) groups is 1. The summed E-state index contributed by atoms with van der Waals surface area (Å²) in [6.45, 7) is 3.80. The van der Waals surface area contributed by atoms with Crippen molar-refractivity contribution < 1.29 is 14.6 Å². The van der Waals surface area contributed by atoms with Crippen molar-refractivity contribution in [2.75, 3.05) is 6.54 Å². The Morgan fingerprint density at radius 1 is 1.24 bits per heavy atom. The molecule has 1 aromatic heterocycles. The van der Waals surface area contributed by atoms with Gasteiger partial charge in [-0.2, -0.15) is 0 Å². The van der Waals surface area contributed by atoms with Crippen LogP contribution in [0.2, 0.25) is 0 Å². The number of nitrogens with one attached hydrogen (secondary N) is 1. The summed E-state index contributed by atoms with van der Waals surface area (Å²) in [5, 5.41) is 11.6. The number of hydrogen-bond donors (Lipinski definition) is 2. The van der Waals surface area contributed by atoms with Crippen LogP contribution in [0.5, 0.6) is 11.5 Å². The zero-order valence-electron chi connectivity index (χ0n) is 16.4. The van der Waals surface area contributed by atoms with E-state index in [1.54, 1.807) is 18.2 Å². The number of hydrogen-bond acceptors (Lipinski definition) is 4. The summed E-state index contributed by atoms with van der Waals surface area (Å²) in [5.74, 6) is 0.836. The first kappa shape index (κ1) is 18.0. The van der Waals surface area contributed by atoms with Crippen molar-refractivity contribution in [1.29, 1.82) is 0 Å². The molecule has 5 rings (SSSR count). The highest BCUT2D eigenvalue weighted by atomic mass is 16.5. The number of rotatable bonds is 3. The number of carbonyl (C=O) groups excluding carboxylic acids is 1. The van der Waals surface area contributed by atoms with Gasteiger partial charge in [0.1, 0.15) is 11.5 Å². The number of aromatic nitrogens is 1. The highest BCUT2D eigenvalue weighted by molar-refractivity contribution is 6.15. The molecule has 0 amide bonds. The zero-order chi connectivity index (χ0) is 20.0. The topological polar surface area (TPSA) is 65.6 Å². The number of para-hydroxylation sites is 1. The van der Waals surface area contributed by atoms with Crippen LogP contribution in [-0.4, -0.2) is 33.4 Å². The molecule has 0 unspecified atom stereocenters. The first-order chi connectivity index (χ1) is 14.1. The second kappa shape index (κ2) is 7.08. The van der Waals surface area contributed by atoms with Crippen LogP contribution in [0.4, 0.5) is 0 Å². The lowest BCUT2D eigenvalue weighted by Gasteiger charge is -2.33. The first-order valence-electron chi connectivity index (χ1n) is 10.2. The Morgan fingerprint density at radius 3 is 2.97 bits per heavy atom. The molecule has 1 atom stereocenters. The Kier molecular flexibility index (Phi) is 4.40. The maximum atomic E-state index is 13.0. The Morgan fingerprint density at radius 2 is 2.10 bits per heavy atom. The summed E-state index contributed by atoms with van der Waals surface area (Å²) in [5.41, 5.74) is 3.15. The van der Waals surface area contributed by atoms with Crippen LogP contribution in [0.25, 0.3) is 17.0 Å². The molecule has 0 radical (unpaired) electrons. The fraction of sp³-hybridized carbons (Fsp3) is 0.292. The minimum Gasteiger partial charge on any atom is -0.507 e. The number of phenols is 1. The summed E-state index contributed by atoms with van der Waals surface area (Å²) in [4.78, 5) is 18.6. The van der Waals surface area contributed by atoms with Gasteiger partial charge in [0.25, 0.3) is 0 Å². The van der Waals surface area contributed by atoms with Gasteiger partial charge in [-0.3, -0.25) is 9.69 Å². The van der Waals surface area contributed by atoms with Crippen molar-refractivity contribution in [3.05, 3.63) is 65.0 Å². The molecule has 2 aliphatic heterocycles. The van der Waals surface area contributed by atoms with E-state index in [1.807, 2.05) is 30.5 Å². The Labute approximate surface area is 169 Å². The lowest BCUT2D eigenvalue weighted by molar-refractivity contribution is 0.101. The number of likely N-dealkylation sites (tertiary alicyclic amines) is 1. The molecule has 1 saturated heterocycles. The normalized spacial score (nSPS) is 20.9. The molecular weight excluding hydrogens is 364 g/mol. The zero-order valence-corrected chi connectivity index (χ0v) is 16.4. The third-order valence-corrected chi connectivity index (χ3v) is 6.13. The van der Waals surface area contributed by atoms with Gasteiger partial charge in [-0.05, 0) is 50.6 Å². The Balaban J connectivity index is 1.50. The van der Waals surface area contributed by atoms with E-state index >= 15 is 0 Å². The summed E-state index contributed by atoms with van der Waals surface area (Å²) in [6, 6.07) is 11.7. The third-order valence-electron chi connectivity index (χ3n) is 6.13. The Bertz CT molecular complexity index is 1130. The lowest BCUT2D eigenvalue weighted by Crippen LogP contribution is -2.36. The van der Waals surface area contributed by atoms with Crippen molar-refractivity contribution in [2.24, 2.45) is 0 Å². The van der Waals surface area contributed by atoms with Gasteiger partial charge in [0.2, 0.25) is 5.78 Å².